The molecule has 0 saturated carbocycles. The largest absolute Gasteiger partial charge is 0.500 e. The van der Waals surface area contributed by atoms with E-state index in [2.05, 4.69) is 20.8 Å². The standard InChI is InChI=1S/C16H35ClO3Si/c1-4-7-13-18-21(16-11-10-12-17,19-14-8-5-2)20-15-9-6-3/h4-16H2,1-3H3. The van der Waals surface area contributed by atoms with Crippen LogP contribution in [0.5, 0.6) is 0 Å². The number of rotatable bonds is 16. The van der Waals surface area contributed by atoms with E-state index in [1.807, 2.05) is 0 Å². The Labute approximate surface area is 138 Å². The Kier molecular flexibility index (Phi) is 15.6. The lowest BCUT2D eigenvalue weighted by Gasteiger charge is -2.30. The molecule has 0 aromatic carbocycles. The average Bonchev–Trinajstić information content (AvgIpc) is 2.48. The smallest absolute Gasteiger partial charge is 0.373 e. The lowest BCUT2D eigenvalue weighted by atomic mass is 10.4. The van der Waals surface area contributed by atoms with E-state index in [0.29, 0.717) is 5.88 Å². The third-order valence-corrected chi connectivity index (χ3v) is 6.49. The van der Waals surface area contributed by atoms with E-state index in [4.69, 9.17) is 24.9 Å². The number of unbranched alkanes of at least 4 members (excludes halogenated alkanes) is 4. The normalized spacial score (nSPS) is 12.0. The van der Waals surface area contributed by atoms with Crippen molar-refractivity contribution in [2.24, 2.45) is 0 Å². The van der Waals surface area contributed by atoms with Crippen molar-refractivity contribution in [2.45, 2.75) is 78.2 Å². The summed E-state index contributed by atoms with van der Waals surface area (Å²) < 4.78 is 18.5. The highest BCUT2D eigenvalue weighted by Crippen LogP contribution is 2.21. The molecular formula is C16H35ClO3Si. The zero-order valence-electron chi connectivity index (χ0n) is 14.3. The molecule has 0 amide bonds. The summed E-state index contributed by atoms with van der Waals surface area (Å²) in [5, 5.41) is 0. The highest BCUT2D eigenvalue weighted by atomic mass is 35.5. The van der Waals surface area contributed by atoms with Gasteiger partial charge in [-0.15, -0.1) is 11.6 Å². The van der Waals surface area contributed by atoms with Gasteiger partial charge < -0.3 is 13.3 Å². The van der Waals surface area contributed by atoms with Gasteiger partial charge in [0, 0.05) is 31.7 Å². The molecule has 0 spiro atoms. The van der Waals surface area contributed by atoms with Crippen molar-refractivity contribution in [2.75, 3.05) is 25.7 Å². The van der Waals surface area contributed by atoms with Crippen LogP contribution in [0, 0.1) is 0 Å². The third-order valence-electron chi connectivity index (χ3n) is 3.33. The fraction of sp³-hybridized carbons (Fsp3) is 1.00. The summed E-state index contributed by atoms with van der Waals surface area (Å²) in [5.41, 5.74) is 0. The van der Waals surface area contributed by atoms with Crippen LogP contribution in [0.4, 0.5) is 0 Å². The highest BCUT2D eigenvalue weighted by molar-refractivity contribution is 6.60. The van der Waals surface area contributed by atoms with Gasteiger partial charge in [0.1, 0.15) is 0 Å². The summed E-state index contributed by atoms with van der Waals surface area (Å²) in [6.45, 7) is 8.79. The maximum Gasteiger partial charge on any atom is 0.500 e. The lowest BCUT2D eigenvalue weighted by molar-refractivity contribution is 0.0558. The molecule has 0 aromatic rings. The zero-order valence-corrected chi connectivity index (χ0v) is 16.1. The summed E-state index contributed by atoms with van der Waals surface area (Å²) in [6.07, 6.45) is 8.64. The van der Waals surface area contributed by atoms with Crippen LogP contribution < -0.4 is 0 Å². The van der Waals surface area contributed by atoms with Gasteiger partial charge in [0.05, 0.1) is 0 Å². The zero-order chi connectivity index (χ0) is 15.8. The first-order valence-electron chi connectivity index (χ1n) is 8.72. The van der Waals surface area contributed by atoms with Crippen LogP contribution in [0.1, 0.15) is 72.1 Å². The van der Waals surface area contributed by atoms with Crippen LogP contribution in [-0.2, 0) is 13.3 Å². The summed E-state index contributed by atoms with van der Waals surface area (Å²) in [6, 6.07) is 0.900. The Bertz CT molecular complexity index is 172. The first-order chi connectivity index (χ1) is 10.2. The fourth-order valence-corrected chi connectivity index (χ4v) is 4.81. The highest BCUT2D eigenvalue weighted by Gasteiger charge is 2.40. The average molecular weight is 339 g/mol. The van der Waals surface area contributed by atoms with Crippen LogP contribution >= 0.6 is 11.6 Å². The van der Waals surface area contributed by atoms with Crippen molar-refractivity contribution >= 4 is 20.4 Å². The van der Waals surface area contributed by atoms with Crippen molar-refractivity contribution < 1.29 is 13.3 Å². The molecule has 0 saturated heterocycles. The number of halogens is 1. The molecule has 0 aliphatic heterocycles. The molecule has 0 N–H and O–H groups in total. The second-order valence-corrected chi connectivity index (χ2v) is 8.55. The van der Waals surface area contributed by atoms with Gasteiger partial charge in [-0.1, -0.05) is 40.0 Å². The molecule has 0 aromatic heterocycles. The van der Waals surface area contributed by atoms with Crippen LogP contribution in [0.15, 0.2) is 0 Å². The molecule has 0 unspecified atom stereocenters. The van der Waals surface area contributed by atoms with Crippen molar-refractivity contribution in [3.8, 4) is 0 Å². The maximum absolute atomic E-state index is 6.16. The summed E-state index contributed by atoms with van der Waals surface area (Å²) in [5.74, 6) is 0.698. The van der Waals surface area contributed by atoms with E-state index in [9.17, 15) is 0 Å². The molecule has 0 aliphatic carbocycles. The number of hydrogen-bond donors (Lipinski definition) is 0. The third kappa shape index (κ3) is 11.6. The summed E-state index contributed by atoms with van der Waals surface area (Å²) >= 11 is 5.80. The minimum Gasteiger partial charge on any atom is -0.373 e. The molecule has 0 radical (unpaired) electrons. The van der Waals surface area contributed by atoms with Gasteiger partial charge in [0.15, 0.2) is 0 Å². The van der Waals surface area contributed by atoms with Gasteiger partial charge in [-0.3, -0.25) is 0 Å². The predicted molar refractivity (Wildman–Crippen MR) is 93.1 cm³/mol. The molecule has 21 heavy (non-hydrogen) atoms. The molecule has 3 nitrogen and oxygen atoms in total. The van der Waals surface area contributed by atoms with Crippen LogP contribution in [-0.4, -0.2) is 34.5 Å². The first-order valence-corrected chi connectivity index (χ1v) is 11.2. The van der Waals surface area contributed by atoms with Gasteiger partial charge in [-0.05, 0) is 32.1 Å². The number of alkyl halides is 1. The molecule has 0 rings (SSSR count). The van der Waals surface area contributed by atoms with E-state index < -0.39 is 8.80 Å². The lowest BCUT2D eigenvalue weighted by Crippen LogP contribution is -2.46. The van der Waals surface area contributed by atoms with Crippen molar-refractivity contribution in [3.05, 3.63) is 0 Å². The summed E-state index contributed by atoms with van der Waals surface area (Å²) in [4.78, 5) is 0. The molecule has 5 heteroatoms. The topological polar surface area (TPSA) is 27.7 Å². The van der Waals surface area contributed by atoms with Gasteiger partial charge in [0.25, 0.3) is 0 Å². The van der Waals surface area contributed by atoms with Crippen molar-refractivity contribution in [3.63, 3.8) is 0 Å². The SMILES string of the molecule is CCCCO[Si](CCCCCl)(OCCCC)OCCCC. The summed E-state index contributed by atoms with van der Waals surface area (Å²) in [7, 11) is -2.50. The molecule has 0 bridgehead atoms. The van der Waals surface area contributed by atoms with E-state index in [0.717, 1.165) is 77.2 Å². The Morgan fingerprint density at radius 3 is 1.43 bits per heavy atom. The Hall–Kier alpha value is 0.387. The van der Waals surface area contributed by atoms with Crippen molar-refractivity contribution in [1.29, 1.82) is 0 Å². The van der Waals surface area contributed by atoms with Crippen LogP contribution in [0.25, 0.3) is 0 Å². The molecular weight excluding hydrogens is 304 g/mol. The maximum atomic E-state index is 6.16. The molecule has 128 valence electrons. The monoisotopic (exact) mass is 338 g/mol. The van der Waals surface area contributed by atoms with Crippen LogP contribution in [0.3, 0.4) is 0 Å². The fourth-order valence-electron chi connectivity index (χ4n) is 1.89. The molecule has 0 fully saturated rings. The predicted octanol–water partition coefficient (Wildman–Crippen LogP) is 5.39. The minimum atomic E-state index is -2.50. The van der Waals surface area contributed by atoms with Gasteiger partial charge >= 0.3 is 8.80 Å². The Morgan fingerprint density at radius 2 is 1.10 bits per heavy atom. The molecule has 0 aliphatic rings. The van der Waals surface area contributed by atoms with E-state index >= 15 is 0 Å². The van der Waals surface area contributed by atoms with E-state index in [-0.39, 0.29) is 0 Å². The van der Waals surface area contributed by atoms with Gasteiger partial charge in [-0.2, -0.15) is 0 Å². The van der Waals surface area contributed by atoms with Crippen LogP contribution in [0.2, 0.25) is 6.04 Å². The van der Waals surface area contributed by atoms with Gasteiger partial charge in [0.2, 0.25) is 0 Å². The molecule has 0 atom stereocenters. The Balaban J connectivity index is 4.52. The second-order valence-electron chi connectivity index (χ2n) is 5.44. The number of hydrogen-bond acceptors (Lipinski definition) is 3. The molecule has 0 heterocycles. The van der Waals surface area contributed by atoms with Crippen molar-refractivity contribution in [1.82, 2.24) is 0 Å². The van der Waals surface area contributed by atoms with E-state index in [1.54, 1.807) is 0 Å². The van der Waals surface area contributed by atoms with E-state index in [1.165, 1.54) is 0 Å². The first kappa shape index (κ1) is 21.4. The minimum absolute atomic E-state index is 0.698. The van der Waals surface area contributed by atoms with Gasteiger partial charge in [-0.25, -0.2) is 0 Å². The second kappa shape index (κ2) is 15.3. The quantitative estimate of drug-likeness (QED) is 0.214. The Morgan fingerprint density at radius 1 is 0.667 bits per heavy atom.